The van der Waals surface area contributed by atoms with Crippen LogP contribution in [-0.4, -0.2) is 25.6 Å². The van der Waals surface area contributed by atoms with Crippen molar-refractivity contribution < 1.29 is 19.1 Å². The van der Waals surface area contributed by atoms with E-state index < -0.39 is 5.97 Å². The van der Waals surface area contributed by atoms with Gasteiger partial charge in [-0.05, 0) is 36.2 Å². The molecule has 0 spiro atoms. The van der Waals surface area contributed by atoms with Gasteiger partial charge in [0.15, 0.2) is 0 Å². The second-order valence-electron chi connectivity index (χ2n) is 5.73. The fourth-order valence-corrected chi connectivity index (χ4v) is 2.05. The largest absolute Gasteiger partial charge is 0.491 e. The molecule has 0 saturated heterocycles. The van der Waals surface area contributed by atoms with Crippen molar-refractivity contribution in [1.82, 2.24) is 0 Å². The van der Waals surface area contributed by atoms with Crippen LogP contribution in [0.15, 0.2) is 48.5 Å². The normalized spacial score (nSPS) is 10.3. The lowest BCUT2D eigenvalue weighted by atomic mass is 10.1. The first kappa shape index (κ1) is 17.5. The lowest BCUT2D eigenvalue weighted by Gasteiger charge is -2.14. The minimum atomic E-state index is -0.481. The van der Waals surface area contributed by atoms with Gasteiger partial charge in [-0.15, -0.1) is 0 Å². The highest BCUT2D eigenvalue weighted by Gasteiger charge is 2.13. The number of amides is 1. The number of benzene rings is 2. The number of rotatable bonds is 6. The average molecular weight is 327 g/mol. The predicted octanol–water partition coefficient (Wildman–Crippen LogP) is 3.76. The number of ether oxygens (including phenoxy) is 2. The maximum absolute atomic E-state index is 12.4. The molecule has 0 aliphatic heterocycles. The van der Waals surface area contributed by atoms with E-state index in [0.717, 1.165) is 0 Å². The molecule has 0 fully saturated rings. The molecule has 0 atom stereocenters. The first-order valence-corrected chi connectivity index (χ1v) is 7.73. The van der Waals surface area contributed by atoms with Crippen molar-refractivity contribution in [2.45, 2.75) is 13.8 Å². The monoisotopic (exact) mass is 327 g/mol. The van der Waals surface area contributed by atoms with E-state index in [1.54, 1.807) is 24.3 Å². The van der Waals surface area contributed by atoms with E-state index in [-0.39, 0.29) is 5.91 Å². The molecule has 2 aromatic carbocycles. The highest BCUT2D eigenvalue weighted by Crippen LogP contribution is 2.25. The maximum Gasteiger partial charge on any atom is 0.337 e. The standard InChI is InChI=1S/C19H21NO4/c1-13(2)12-24-17-10-5-4-9-16(17)20-18(21)14-7-6-8-15(11-14)19(22)23-3/h4-11,13H,12H2,1-3H3,(H,20,21). The molecule has 0 aliphatic carbocycles. The van der Waals surface area contributed by atoms with Crippen molar-refractivity contribution in [1.29, 1.82) is 0 Å². The van der Waals surface area contributed by atoms with Crippen LogP contribution in [0.4, 0.5) is 5.69 Å². The maximum atomic E-state index is 12.4. The number of esters is 1. The second kappa shape index (κ2) is 8.15. The smallest absolute Gasteiger partial charge is 0.337 e. The van der Waals surface area contributed by atoms with Crippen LogP contribution >= 0.6 is 0 Å². The van der Waals surface area contributed by atoms with Gasteiger partial charge in [-0.3, -0.25) is 4.79 Å². The van der Waals surface area contributed by atoms with Crippen LogP contribution < -0.4 is 10.1 Å². The number of hydrogen-bond acceptors (Lipinski definition) is 4. The lowest BCUT2D eigenvalue weighted by Crippen LogP contribution is -2.14. The summed E-state index contributed by atoms with van der Waals surface area (Å²) in [5.74, 6) is 0.195. The Kier molecular flexibility index (Phi) is 5.95. The van der Waals surface area contributed by atoms with E-state index in [2.05, 4.69) is 23.9 Å². The van der Waals surface area contributed by atoms with Gasteiger partial charge in [0, 0.05) is 5.56 Å². The highest BCUT2D eigenvalue weighted by molar-refractivity contribution is 6.06. The summed E-state index contributed by atoms with van der Waals surface area (Å²) in [6.07, 6.45) is 0. The Bertz CT molecular complexity index is 725. The minimum Gasteiger partial charge on any atom is -0.491 e. The molecular formula is C19H21NO4. The predicted molar refractivity (Wildman–Crippen MR) is 92.5 cm³/mol. The van der Waals surface area contributed by atoms with Crippen molar-refractivity contribution >= 4 is 17.6 Å². The summed E-state index contributed by atoms with van der Waals surface area (Å²) in [4.78, 5) is 24.0. The van der Waals surface area contributed by atoms with Crippen molar-refractivity contribution in [3.63, 3.8) is 0 Å². The van der Waals surface area contributed by atoms with Crippen LogP contribution in [0.25, 0.3) is 0 Å². The van der Waals surface area contributed by atoms with E-state index in [1.165, 1.54) is 13.2 Å². The molecule has 1 N–H and O–H groups in total. The summed E-state index contributed by atoms with van der Waals surface area (Å²) >= 11 is 0. The molecule has 0 aliphatic rings. The fourth-order valence-electron chi connectivity index (χ4n) is 2.05. The van der Waals surface area contributed by atoms with Gasteiger partial charge in [0.2, 0.25) is 0 Å². The first-order valence-electron chi connectivity index (χ1n) is 7.73. The van der Waals surface area contributed by atoms with E-state index in [1.807, 2.05) is 18.2 Å². The van der Waals surface area contributed by atoms with Crippen molar-refractivity contribution in [2.75, 3.05) is 19.0 Å². The Morgan fingerprint density at radius 2 is 1.75 bits per heavy atom. The van der Waals surface area contributed by atoms with Crippen LogP contribution in [0.2, 0.25) is 0 Å². The Morgan fingerprint density at radius 1 is 1.04 bits per heavy atom. The Morgan fingerprint density at radius 3 is 2.46 bits per heavy atom. The lowest BCUT2D eigenvalue weighted by molar-refractivity contribution is 0.0600. The summed E-state index contributed by atoms with van der Waals surface area (Å²) in [6, 6.07) is 13.6. The number of hydrogen-bond donors (Lipinski definition) is 1. The third-order valence-corrected chi connectivity index (χ3v) is 3.25. The zero-order chi connectivity index (χ0) is 17.5. The molecule has 0 radical (unpaired) electrons. The number of nitrogens with one attached hydrogen (secondary N) is 1. The number of methoxy groups -OCH3 is 1. The van der Waals surface area contributed by atoms with Crippen molar-refractivity contribution in [2.24, 2.45) is 5.92 Å². The van der Waals surface area contributed by atoms with Crippen molar-refractivity contribution in [3.8, 4) is 5.75 Å². The third-order valence-electron chi connectivity index (χ3n) is 3.25. The molecule has 5 nitrogen and oxygen atoms in total. The molecule has 0 heterocycles. The molecule has 0 aromatic heterocycles. The van der Waals surface area contributed by atoms with Gasteiger partial charge in [0.1, 0.15) is 5.75 Å². The molecule has 2 rings (SSSR count). The fraction of sp³-hybridized carbons (Fsp3) is 0.263. The highest BCUT2D eigenvalue weighted by atomic mass is 16.5. The second-order valence-corrected chi connectivity index (χ2v) is 5.73. The van der Waals surface area contributed by atoms with Crippen molar-refractivity contribution in [3.05, 3.63) is 59.7 Å². The molecule has 126 valence electrons. The van der Waals surface area contributed by atoms with E-state index >= 15 is 0 Å². The molecule has 1 amide bonds. The van der Waals surface area contributed by atoms with E-state index in [9.17, 15) is 9.59 Å². The zero-order valence-electron chi connectivity index (χ0n) is 14.0. The summed E-state index contributed by atoms with van der Waals surface area (Å²) < 4.78 is 10.4. The number of carbonyl (C=O) groups is 2. The van der Waals surface area contributed by atoms with Crippen LogP contribution in [0.1, 0.15) is 34.6 Å². The van der Waals surface area contributed by atoms with Gasteiger partial charge < -0.3 is 14.8 Å². The topological polar surface area (TPSA) is 64.6 Å². The Balaban J connectivity index is 2.17. The van der Waals surface area contributed by atoms with Crippen LogP contribution in [0.5, 0.6) is 5.75 Å². The van der Waals surface area contributed by atoms with Crippen LogP contribution in [0, 0.1) is 5.92 Å². The van der Waals surface area contributed by atoms with E-state index in [4.69, 9.17) is 4.74 Å². The van der Waals surface area contributed by atoms with Gasteiger partial charge in [-0.1, -0.05) is 32.0 Å². The molecule has 0 unspecified atom stereocenters. The molecular weight excluding hydrogens is 306 g/mol. The zero-order valence-corrected chi connectivity index (χ0v) is 14.0. The molecule has 24 heavy (non-hydrogen) atoms. The van der Waals surface area contributed by atoms with Gasteiger partial charge in [0.25, 0.3) is 5.91 Å². The molecule has 0 saturated carbocycles. The Hall–Kier alpha value is -2.82. The summed E-state index contributed by atoms with van der Waals surface area (Å²) in [6.45, 7) is 4.67. The summed E-state index contributed by atoms with van der Waals surface area (Å²) in [5, 5.41) is 2.82. The van der Waals surface area contributed by atoms with Crippen LogP contribution in [-0.2, 0) is 4.74 Å². The molecule has 2 aromatic rings. The molecule has 0 bridgehead atoms. The average Bonchev–Trinajstić information content (AvgIpc) is 2.60. The van der Waals surface area contributed by atoms with E-state index in [0.29, 0.717) is 35.1 Å². The van der Waals surface area contributed by atoms with Gasteiger partial charge in [-0.2, -0.15) is 0 Å². The van der Waals surface area contributed by atoms with Crippen LogP contribution in [0.3, 0.4) is 0 Å². The number of anilines is 1. The Labute approximate surface area is 141 Å². The number of carbonyl (C=O) groups excluding carboxylic acids is 2. The quantitative estimate of drug-likeness (QED) is 0.821. The SMILES string of the molecule is COC(=O)c1cccc(C(=O)Nc2ccccc2OCC(C)C)c1. The first-order chi connectivity index (χ1) is 11.5. The van der Waals surface area contributed by atoms with Gasteiger partial charge in [-0.25, -0.2) is 4.79 Å². The minimum absolute atomic E-state index is 0.318. The number of para-hydroxylation sites is 2. The summed E-state index contributed by atoms with van der Waals surface area (Å²) in [7, 11) is 1.30. The molecule has 5 heteroatoms. The van der Waals surface area contributed by atoms with Gasteiger partial charge in [0.05, 0.1) is 25.0 Å². The van der Waals surface area contributed by atoms with Gasteiger partial charge >= 0.3 is 5.97 Å². The summed E-state index contributed by atoms with van der Waals surface area (Å²) in [5.41, 5.74) is 1.29. The third kappa shape index (κ3) is 4.59.